The Morgan fingerprint density at radius 3 is 2.33 bits per heavy atom. The molecule has 0 aromatic heterocycles. The molecule has 0 amide bonds. The van der Waals surface area contributed by atoms with E-state index in [1.54, 1.807) is 0 Å². The fourth-order valence-corrected chi connectivity index (χ4v) is 2.50. The highest BCUT2D eigenvalue weighted by atomic mass is 14.0. The van der Waals surface area contributed by atoms with Crippen LogP contribution in [0.1, 0.15) is 50.2 Å². The molecule has 2 aromatic carbocycles. The van der Waals surface area contributed by atoms with E-state index in [2.05, 4.69) is 50.2 Å². The number of unbranched alkanes of at least 4 members (excludes halogenated alkanes) is 4. The summed E-state index contributed by atoms with van der Waals surface area (Å²) < 4.78 is 0. The van der Waals surface area contributed by atoms with Gasteiger partial charge in [0.05, 0.1) is 0 Å². The lowest BCUT2D eigenvalue weighted by atomic mass is 10.0. The molecular weight excluding hydrogens is 216 g/mol. The first-order valence-electron chi connectivity index (χ1n) is 7.29. The number of hydrogen-bond donors (Lipinski definition) is 0. The zero-order valence-corrected chi connectivity index (χ0v) is 11.7. The average Bonchev–Trinajstić information content (AvgIpc) is 2.38. The number of aryl methyl sites for hydroxylation is 2. The van der Waals surface area contributed by atoms with Crippen LogP contribution < -0.4 is 0 Å². The minimum Gasteiger partial charge on any atom is -0.0654 e. The van der Waals surface area contributed by atoms with Crippen molar-refractivity contribution in [2.45, 2.75) is 52.4 Å². The van der Waals surface area contributed by atoms with Crippen molar-refractivity contribution in [1.29, 1.82) is 0 Å². The molecule has 18 heavy (non-hydrogen) atoms. The van der Waals surface area contributed by atoms with E-state index < -0.39 is 0 Å². The van der Waals surface area contributed by atoms with Crippen LogP contribution in [-0.2, 0) is 6.42 Å². The van der Waals surface area contributed by atoms with Gasteiger partial charge in [0.25, 0.3) is 0 Å². The standard InChI is InChI=1S/C18H24/c1-3-4-5-6-7-8-16-10-12-17-13-15(2)9-11-18(17)14-16/h9-14H,3-8H2,1-2H3. The molecule has 0 atom stereocenters. The molecule has 0 saturated carbocycles. The SMILES string of the molecule is CCCCCCCc1ccc2cc(C)ccc2c1. The van der Waals surface area contributed by atoms with Crippen molar-refractivity contribution in [3.05, 3.63) is 47.5 Å². The lowest BCUT2D eigenvalue weighted by Gasteiger charge is -2.05. The molecular formula is C18H24. The molecule has 2 rings (SSSR count). The Morgan fingerprint density at radius 2 is 1.50 bits per heavy atom. The third-order valence-electron chi connectivity index (χ3n) is 3.63. The molecule has 0 saturated heterocycles. The summed E-state index contributed by atoms with van der Waals surface area (Å²) in [4.78, 5) is 0. The Bertz CT molecular complexity index is 496. The molecule has 0 nitrogen and oxygen atoms in total. The fourth-order valence-electron chi connectivity index (χ4n) is 2.50. The van der Waals surface area contributed by atoms with Crippen LogP contribution in [0.15, 0.2) is 36.4 Å². The van der Waals surface area contributed by atoms with Gasteiger partial charge in [-0.15, -0.1) is 0 Å². The largest absolute Gasteiger partial charge is 0.0654 e. The topological polar surface area (TPSA) is 0 Å². The van der Waals surface area contributed by atoms with Crippen LogP contribution >= 0.6 is 0 Å². The maximum Gasteiger partial charge on any atom is -0.0181 e. The summed E-state index contributed by atoms with van der Waals surface area (Å²) in [7, 11) is 0. The Hall–Kier alpha value is -1.30. The van der Waals surface area contributed by atoms with Crippen LogP contribution in [0.2, 0.25) is 0 Å². The molecule has 96 valence electrons. The Balaban J connectivity index is 1.95. The normalized spacial score (nSPS) is 11.0. The van der Waals surface area contributed by atoms with E-state index >= 15 is 0 Å². The Labute approximate surface area is 111 Å². The zero-order valence-electron chi connectivity index (χ0n) is 11.7. The van der Waals surface area contributed by atoms with Gasteiger partial charge >= 0.3 is 0 Å². The van der Waals surface area contributed by atoms with Crippen LogP contribution in [0.25, 0.3) is 10.8 Å². The molecule has 0 aliphatic heterocycles. The van der Waals surface area contributed by atoms with Crippen LogP contribution in [0, 0.1) is 6.92 Å². The molecule has 0 fully saturated rings. The summed E-state index contributed by atoms with van der Waals surface area (Å²) in [6, 6.07) is 13.6. The second kappa shape index (κ2) is 6.58. The predicted molar refractivity (Wildman–Crippen MR) is 81.1 cm³/mol. The summed E-state index contributed by atoms with van der Waals surface area (Å²) in [5.41, 5.74) is 2.83. The highest BCUT2D eigenvalue weighted by Crippen LogP contribution is 2.19. The van der Waals surface area contributed by atoms with E-state index in [0.717, 1.165) is 0 Å². The van der Waals surface area contributed by atoms with Crippen molar-refractivity contribution in [2.24, 2.45) is 0 Å². The van der Waals surface area contributed by atoms with Crippen LogP contribution in [0.5, 0.6) is 0 Å². The monoisotopic (exact) mass is 240 g/mol. The Kier molecular flexibility index (Phi) is 4.81. The van der Waals surface area contributed by atoms with Gasteiger partial charge in [0.2, 0.25) is 0 Å². The quantitative estimate of drug-likeness (QED) is 0.571. The number of fused-ring (bicyclic) bond motifs is 1. The van der Waals surface area contributed by atoms with Crippen molar-refractivity contribution in [3.63, 3.8) is 0 Å². The molecule has 0 heteroatoms. The lowest BCUT2D eigenvalue weighted by Crippen LogP contribution is -1.87. The van der Waals surface area contributed by atoms with Crippen LogP contribution in [0.3, 0.4) is 0 Å². The summed E-state index contributed by atoms with van der Waals surface area (Å²) in [5.74, 6) is 0. The molecule has 0 spiro atoms. The van der Waals surface area contributed by atoms with Gasteiger partial charge in [0, 0.05) is 0 Å². The van der Waals surface area contributed by atoms with Gasteiger partial charge in [-0.25, -0.2) is 0 Å². The summed E-state index contributed by atoms with van der Waals surface area (Å²) >= 11 is 0. The second-order valence-corrected chi connectivity index (χ2v) is 5.35. The lowest BCUT2D eigenvalue weighted by molar-refractivity contribution is 0.632. The van der Waals surface area contributed by atoms with Gasteiger partial charge in [-0.2, -0.15) is 0 Å². The highest BCUT2D eigenvalue weighted by Gasteiger charge is 1.98. The molecule has 0 heterocycles. The summed E-state index contributed by atoms with van der Waals surface area (Å²) in [6.45, 7) is 4.42. The minimum absolute atomic E-state index is 1.23. The smallest absolute Gasteiger partial charge is 0.0181 e. The minimum atomic E-state index is 1.23. The van der Waals surface area contributed by atoms with Gasteiger partial charge in [0.1, 0.15) is 0 Å². The van der Waals surface area contributed by atoms with Gasteiger partial charge in [-0.05, 0) is 36.1 Å². The third-order valence-corrected chi connectivity index (χ3v) is 3.63. The maximum atomic E-state index is 2.36. The fraction of sp³-hybridized carbons (Fsp3) is 0.444. The second-order valence-electron chi connectivity index (χ2n) is 5.35. The molecule has 0 aliphatic rings. The number of rotatable bonds is 6. The van der Waals surface area contributed by atoms with E-state index in [4.69, 9.17) is 0 Å². The van der Waals surface area contributed by atoms with Crippen molar-refractivity contribution in [2.75, 3.05) is 0 Å². The van der Waals surface area contributed by atoms with E-state index in [0.29, 0.717) is 0 Å². The van der Waals surface area contributed by atoms with Crippen molar-refractivity contribution in [3.8, 4) is 0 Å². The molecule has 0 aliphatic carbocycles. The maximum absolute atomic E-state index is 2.36. The molecule has 0 bridgehead atoms. The first kappa shape index (κ1) is 13.1. The van der Waals surface area contributed by atoms with E-state index in [-0.39, 0.29) is 0 Å². The molecule has 0 N–H and O–H groups in total. The average molecular weight is 240 g/mol. The first-order valence-corrected chi connectivity index (χ1v) is 7.29. The van der Waals surface area contributed by atoms with E-state index in [1.807, 2.05) is 0 Å². The summed E-state index contributed by atoms with van der Waals surface area (Å²) in [6.07, 6.45) is 8.04. The number of benzene rings is 2. The van der Waals surface area contributed by atoms with Gasteiger partial charge in [0.15, 0.2) is 0 Å². The third kappa shape index (κ3) is 3.60. The molecule has 0 unspecified atom stereocenters. The van der Waals surface area contributed by atoms with Crippen molar-refractivity contribution < 1.29 is 0 Å². The number of hydrogen-bond acceptors (Lipinski definition) is 0. The predicted octanol–water partition coefficient (Wildman–Crippen LogP) is 5.66. The highest BCUT2D eigenvalue weighted by molar-refractivity contribution is 5.83. The Morgan fingerprint density at radius 1 is 0.778 bits per heavy atom. The van der Waals surface area contributed by atoms with Gasteiger partial charge < -0.3 is 0 Å². The van der Waals surface area contributed by atoms with Crippen molar-refractivity contribution in [1.82, 2.24) is 0 Å². The van der Waals surface area contributed by atoms with Crippen molar-refractivity contribution >= 4 is 10.8 Å². The van der Waals surface area contributed by atoms with E-state index in [9.17, 15) is 0 Å². The first-order chi connectivity index (χ1) is 8.79. The van der Waals surface area contributed by atoms with E-state index in [1.165, 1.54) is 60.4 Å². The zero-order chi connectivity index (χ0) is 12.8. The molecule has 2 aromatic rings. The van der Waals surface area contributed by atoms with Gasteiger partial charge in [-0.3, -0.25) is 0 Å². The molecule has 0 radical (unpaired) electrons. The van der Waals surface area contributed by atoms with Gasteiger partial charge in [-0.1, -0.05) is 74.6 Å². The summed E-state index contributed by atoms with van der Waals surface area (Å²) in [5, 5.41) is 2.75. The van der Waals surface area contributed by atoms with Crippen LogP contribution in [-0.4, -0.2) is 0 Å². The van der Waals surface area contributed by atoms with Crippen LogP contribution in [0.4, 0.5) is 0 Å².